The first-order chi connectivity index (χ1) is 8.56. The molecule has 0 unspecified atom stereocenters. The summed E-state index contributed by atoms with van der Waals surface area (Å²) in [7, 11) is 1.99. The lowest BCUT2D eigenvalue weighted by Crippen LogP contribution is -2.20. The number of carbonyl (C=O) groups is 1. The van der Waals surface area contributed by atoms with E-state index in [1.165, 1.54) is 0 Å². The number of hydrogen-bond acceptors (Lipinski definition) is 3. The van der Waals surface area contributed by atoms with Crippen LogP contribution in [0.15, 0.2) is 22.7 Å². The quantitative estimate of drug-likeness (QED) is 0.620. The van der Waals surface area contributed by atoms with Gasteiger partial charge in [0.2, 0.25) is 0 Å². The normalized spacial score (nSPS) is 10.4. The fraction of sp³-hybridized carbons (Fsp3) is 0.500. The molecule has 0 saturated carbocycles. The van der Waals surface area contributed by atoms with Gasteiger partial charge < -0.3 is 10.0 Å². The van der Waals surface area contributed by atoms with Crippen molar-refractivity contribution in [3.8, 4) is 0 Å². The lowest BCUT2D eigenvalue weighted by molar-refractivity contribution is 0.101. The molecular formula is C14H20BrNO2. The molecule has 0 atom stereocenters. The zero-order valence-corrected chi connectivity index (χ0v) is 12.5. The molecule has 0 aromatic heterocycles. The molecule has 0 aliphatic carbocycles. The minimum Gasteiger partial charge on any atom is -0.396 e. The van der Waals surface area contributed by atoms with Crippen molar-refractivity contribution in [2.75, 3.05) is 25.1 Å². The predicted molar refractivity (Wildman–Crippen MR) is 78.4 cm³/mol. The number of unbranched alkanes of at least 4 members (excludes halogenated alkanes) is 2. The van der Waals surface area contributed by atoms with Crippen molar-refractivity contribution in [2.45, 2.75) is 26.2 Å². The summed E-state index contributed by atoms with van der Waals surface area (Å²) in [6, 6.07) is 5.72. The van der Waals surface area contributed by atoms with Crippen LogP contribution in [0.4, 0.5) is 5.69 Å². The number of aliphatic hydroxyl groups excluding tert-OH is 1. The Morgan fingerprint density at radius 1 is 1.33 bits per heavy atom. The molecule has 0 aliphatic heterocycles. The third-order valence-electron chi connectivity index (χ3n) is 2.90. The van der Waals surface area contributed by atoms with Crippen molar-refractivity contribution in [3.05, 3.63) is 28.2 Å². The fourth-order valence-corrected chi connectivity index (χ4v) is 2.23. The Kier molecular flexibility index (Phi) is 6.36. The molecule has 0 radical (unpaired) electrons. The summed E-state index contributed by atoms with van der Waals surface area (Å²) in [5.74, 6) is 0.0831. The van der Waals surface area contributed by atoms with Crippen LogP contribution in [-0.2, 0) is 0 Å². The van der Waals surface area contributed by atoms with Crippen LogP contribution in [-0.4, -0.2) is 31.1 Å². The number of halogens is 1. The molecule has 1 aromatic rings. The first kappa shape index (κ1) is 15.2. The van der Waals surface area contributed by atoms with Gasteiger partial charge in [-0.2, -0.15) is 0 Å². The molecule has 4 heteroatoms. The summed E-state index contributed by atoms with van der Waals surface area (Å²) in [6.07, 6.45) is 2.86. The van der Waals surface area contributed by atoms with Gasteiger partial charge in [-0.1, -0.05) is 15.9 Å². The van der Waals surface area contributed by atoms with Crippen molar-refractivity contribution >= 4 is 27.4 Å². The minimum absolute atomic E-state index is 0.0831. The van der Waals surface area contributed by atoms with E-state index in [0.717, 1.165) is 41.5 Å². The van der Waals surface area contributed by atoms with Crippen LogP contribution < -0.4 is 4.90 Å². The monoisotopic (exact) mass is 313 g/mol. The molecule has 1 N–H and O–H groups in total. The van der Waals surface area contributed by atoms with Crippen LogP contribution in [0.25, 0.3) is 0 Å². The van der Waals surface area contributed by atoms with Gasteiger partial charge in [0.05, 0.1) is 0 Å². The molecule has 0 amide bonds. The van der Waals surface area contributed by atoms with Gasteiger partial charge in [0, 0.05) is 35.9 Å². The van der Waals surface area contributed by atoms with Crippen LogP contribution in [0.2, 0.25) is 0 Å². The molecular weight excluding hydrogens is 294 g/mol. The SMILES string of the molecule is CC(=O)c1ccc(Br)cc1N(C)CCCCCO. The van der Waals surface area contributed by atoms with Gasteiger partial charge in [0.25, 0.3) is 0 Å². The number of carbonyl (C=O) groups excluding carboxylic acids is 1. The first-order valence-electron chi connectivity index (χ1n) is 6.18. The largest absolute Gasteiger partial charge is 0.396 e. The molecule has 3 nitrogen and oxygen atoms in total. The summed E-state index contributed by atoms with van der Waals surface area (Å²) in [4.78, 5) is 13.7. The van der Waals surface area contributed by atoms with E-state index in [2.05, 4.69) is 20.8 Å². The second kappa shape index (κ2) is 7.54. The molecule has 0 bridgehead atoms. The van der Waals surface area contributed by atoms with Gasteiger partial charge in [-0.05, 0) is 44.4 Å². The summed E-state index contributed by atoms with van der Waals surface area (Å²) < 4.78 is 0.977. The third-order valence-corrected chi connectivity index (χ3v) is 3.40. The Labute approximate surface area is 117 Å². The van der Waals surface area contributed by atoms with E-state index < -0.39 is 0 Å². The summed E-state index contributed by atoms with van der Waals surface area (Å²) >= 11 is 3.44. The highest BCUT2D eigenvalue weighted by Crippen LogP contribution is 2.25. The van der Waals surface area contributed by atoms with Gasteiger partial charge in [-0.25, -0.2) is 0 Å². The van der Waals surface area contributed by atoms with E-state index in [4.69, 9.17) is 5.11 Å². The van der Waals surface area contributed by atoms with Crippen molar-refractivity contribution in [2.24, 2.45) is 0 Å². The maximum atomic E-state index is 11.6. The highest BCUT2D eigenvalue weighted by Gasteiger charge is 2.11. The number of Topliss-reactive ketones (excluding diaryl/α,β-unsaturated/α-hetero) is 1. The lowest BCUT2D eigenvalue weighted by Gasteiger charge is -2.22. The van der Waals surface area contributed by atoms with Gasteiger partial charge in [-0.3, -0.25) is 4.79 Å². The molecule has 1 rings (SSSR count). The number of hydrogen-bond donors (Lipinski definition) is 1. The Morgan fingerprint density at radius 2 is 2.06 bits per heavy atom. The average molecular weight is 314 g/mol. The van der Waals surface area contributed by atoms with Gasteiger partial charge in [0.1, 0.15) is 0 Å². The predicted octanol–water partition coefficient (Wildman–Crippen LogP) is 3.25. The molecule has 0 heterocycles. The van der Waals surface area contributed by atoms with E-state index in [1.54, 1.807) is 6.92 Å². The standard InChI is InChI=1S/C14H20BrNO2/c1-11(18)13-7-6-12(15)10-14(13)16(2)8-4-3-5-9-17/h6-7,10,17H,3-5,8-9H2,1-2H3. The second-order valence-electron chi connectivity index (χ2n) is 4.42. The number of anilines is 1. The number of rotatable bonds is 7. The van der Waals surface area contributed by atoms with Crippen LogP contribution in [0.1, 0.15) is 36.5 Å². The first-order valence-corrected chi connectivity index (χ1v) is 6.98. The number of ketones is 1. The van der Waals surface area contributed by atoms with E-state index in [1.807, 2.05) is 25.2 Å². The Balaban J connectivity index is 2.74. The molecule has 1 aromatic carbocycles. The highest BCUT2D eigenvalue weighted by atomic mass is 79.9. The molecule has 0 aliphatic rings. The van der Waals surface area contributed by atoms with E-state index in [0.29, 0.717) is 0 Å². The topological polar surface area (TPSA) is 40.5 Å². The summed E-state index contributed by atoms with van der Waals surface area (Å²) in [5, 5.41) is 8.74. The number of nitrogens with zero attached hydrogens (tertiary/aromatic N) is 1. The summed E-state index contributed by atoms with van der Waals surface area (Å²) in [5.41, 5.74) is 1.71. The van der Waals surface area contributed by atoms with Crippen molar-refractivity contribution in [1.82, 2.24) is 0 Å². The highest BCUT2D eigenvalue weighted by molar-refractivity contribution is 9.10. The van der Waals surface area contributed by atoms with Crippen LogP contribution in [0.3, 0.4) is 0 Å². The van der Waals surface area contributed by atoms with Crippen LogP contribution >= 0.6 is 15.9 Å². The third kappa shape index (κ3) is 4.42. The van der Waals surface area contributed by atoms with Crippen molar-refractivity contribution < 1.29 is 9.90 Å². The van der Waals surface area contributed by atoms with Gasteiger partial charge >= 0.3 is 0 Å². The number of benzene rings is 1. The van der Waals surface area contributed by atoms with Gasteiger partial charge in [-0.15, -0.1) is 0 Å². The molecule has 0 saturated heterocycles. The van der Waals surface area contributed by atoms with Crippen LogP contribution in [0.5, 0.6) is 0 Å². The Bertz CT molecular complexity index is 407. The maximum absolute atomic E-state index is 11.6. The molecule has 0 fully saturated rings. The molecule has 100 valence electrons. The molecule has 0 spiro atoms. The van der Waals surface area contributed by atoms with E-state index >= 15 is 0 Å². The fourth-order valence-electron chi connectivity index (χ4n) is 1.88. The zero-order chi connectivity index (χ0) is 13.5. The zero-order valence-electron chi connectivity index (χ0n) is 10.9. The Hall–Kier alpha value is -0.870. The van der Waals surface area contributed by atoms with Crippen molar-refractivity contribution in [3.63, 3.8) is 0 Å². The van der Waals surface area contributed by atoms with Gasteiger partial charge in [0.15, 0.2) is 5.78 Å². The van der Waals surface area contributed by atoms with Crippen molar-refractivity contribution in [1.29, 1.82) is 0 Å². The van der Waals surface area contributed by atoms with E-state index in [-0.39, 0.29) is 12.4 Å². The minimum atomic E-state index is 0.0831. The maximum Gasteiger partial charge on any atom is 0.161 e. The smallest absolute Gasteiger partial charge is 0.161 e. The molecule has 18 heavy (non-hydrogen) atoms. The average Bonchev–Trinajstić information content (AvgIpc) is 2.34. The van der Waals surface area contributed by atoms with Crippen LogP contribution in [0, 0.1) is 0 Å². The lowest BCUT2D eigenvalue weighted by atomic mass is 10.1. The number of aliphatic hydroxyl groups is 1. The second-order valence-corrected chi connectivity index (χ2v) is 5.34. The van der Waals surface area contributed by atoms with E-state index in [9.17, 15) is 4.79 Å². The summed E-state index contributed by atoms with van der Waals surface area (Å²) in [6.45, 7) is 2.72. The Morgan fingerprint density at radius 3 is 2.67 bits per heavy atom.